The molecule has 0 unspecified atom stereocenters. The monoisotopic (exact) mass is 368 g/mol. The highest BCUT2D eigenvalue weighted by Crippen LogP contribution is 2.29. The van der Waals surface area contributed by atoms with Gasteiger partial charge in [0.15, 0.2) is 11.5 Å². The minimum Gasteiger partial charge on any atom is -0.493 e. The van der Waals surface area contributed by atoms with Crippen molar-refractivity contribution in [1.82, 2.24) is 4.90 Å². The van der Waals surface area contributed by atoms with Crippen molar-refractivity contribution in [3.05, 3.63) is 53.6 Å². The molecule has 5 nitrogen and oxygen atoms in total. The molecule has 0 atom stereocenters. The summed E-state index contributed by atoms with van der Waals surface area (Å²) in [6, 6.07) is 13.7. The van der Waals surface area contributed by atoms with Gasteiger partial charge in [-0.05, 0) is 49.1 Å². The molecule has 1 aliphatic heterocycles. The number of para-hydroxylation sites is 1. The van der Waals surface area contributed by atoms with E-state index in [9.17, 15) is 4.79 Å². The summed E-state index contributed by atoms with van der Waals surface area (Å²) in [7, 11) is 5.00. The largest absolute Gasteiger partial charge is 0.493 e. The molecule has 1 aliphatic rings. The van der Waals surface area contributed by atoms with E-state index < -0.39 is 0 Å². The fourth-order valence-corrected chi connectivity index (χ4v) is 3.60. The molecule has 144 valence electrons. The summed E-state index contributed by atoms with van der Waals surface area (Å²) in [5.41, 5.74) is 3.01. The minimum absolute atomic E-state index is 0.0376. The predicted molar refractivity (Wildman–Crippen MR) is 108 cm³/mol. The molecule has 1 amide bonds. The van der Waals surface area contributed by atoms with E-state index in [1.165, 1.54) is 30.5 Å². The topological polar surface area (TPSA) is 42.0 Å². The van der Waals surface area contributed by atoms with E-state index in [1.807, 2.05) is 13.1 Å². The Bertz CT molecular complexity index is 785. The zero-order chi connectivity index (χ0) is 19.2. The second-order valence-electron chi connectivity index (χ2n) is 6.91. The maximum absolute atomic E-state index is 12.9. The summed E-state index contributed by atoms with van der Waals surface area (Å²) in [6.45, 7) is 2.74. The number of hydrogen-bond acceptors (Lipinski definition) is 4. The SMILES string of the molecule is COc1ccc(C(=O)N(C)Cc2ccccc2N2CCCCC2)cc1OC. The summed E-state index contributed by atoms with van der Waals surface area (Å²) in [5, 5.41) is 0. The van der Waals surface area contributed by atoms with E-state index in [-0.39, 0.29) is 5.91 Å². The van der Waals surface area contributed by atoms with Crippen LogP contribution in [0.4, 0.5) is 5.69 Å². The van der Waals surface area contributed by atoms with Gasteiger partial charge < -0.3 is 19.3 Å². The lowest BCUT2D eigenvalue weighted by molar-refractivity contribution is 0.0785. The maximum Gasteiger partial charge on any atom is 0.254 e. The lowest BCUT2D eigenvalue weighted by Gasteiger charge is -2.31. The normalized spacial score (nSPS) is 14.0. The van der Waals surface area contributed by atoms with Gasteiger partial charge in [0.2, 0.25) is 0 Å². The molecule has 1 fully saturated rings. The highest BCUT2D eigenvalue weighted by atomic mass is 16.5. The van der Waals surface area contributed by atoms with Crippen molar-refractivity contribution in [3.63, 3.8) is 0 Å². The van der Waals surface area contributed by atoms with E-state index in [0.29, 0.717) is 23.6 Å². The lowest BCUT2D eigenvalue weighted by Crippen LogP contribution is -2.32. The van der Waals surface area contributed by atoms with E-state index in [4.69, 9.17) is 9.47 Å². The molecule has 1 saturated heterocycles. The fourth-order valence-electron chi connectivity index (χ4n) is 3.60. The molecule has 2 aromatic rings. The Morgan fingerprint density at radius 2 is 1.70 bits per heavy atom. The van der Waals surface area contributed by atoms with Crippen LogP contribution in [-0.4, -0.2) is 45.2 Å². The minimum atomic E-state index is -0.0376. The highest BCUT2D eigenvalue weighted by Gasteiger charge is 2.18. The van der Waals surface area contributed by atoms with Crippen molar-refractivity contribution in [2.45, 2.75) is 25.8 Å². The van der Waals surface area contributed by atoms with E-state index in [1.54, 1.807) is 37.3 Å². The highest BCUT2D eigenvalue weighted by molar-refractivity contribution is 5.94. The maximum atomic E-state index is 12.9. The quantitative estimate of drug-likeness (QED) is 0.774. The Labute approximate surface area is 161 Å². The summed E-state index contributed by atoms with van der Waals surface area (Å²) >= 11 is 0. The molecule has 0 aromatic heterocycles. The van der Waals surface area contributed by atoms with Crippen LogP contribution in [0.15, 0.2) is 42.5 Å². The van der Waals surface area contributed by atoms with Gasteiger partial charge in [-0.2, -0.15) is 0 Å². The van der Waals surface area contributed by atoms with Crippen molar-refractivity contribution in [2.75, 3.05) is 39.3 Å². The number of carbonyl (C=O) groups is 1. The van der Waals surface area contributed by atoms with Gasteiger partial charge in [-0.25, -0.2) is 0 Å². The first kappa shape index (κ1) is 19.1. The number of methoxy groups -OCH3 is 2. The van der Waals surface area contributed by atoms with E-state index in [0.717, 1.165) is 13.1 Å². The van der Waals surface area contributed by atoms with E-state index >= 15 is 0 Å². The van der Waals surface area contributed by atoms with Crippen LogP contribution in [0.5, 0.6) is 11.5 Å². The molecule has 5 heteroatoms. The van der Waals surface area contributed by atoms with Gasteiger partial charge in [0.05, 0.1) is 14.2 Å². The van der Waals surface area contributed by atoms with Gasteiger partial charge in [-0.3, -0.25) is 4.79 Å². The standard InChI is InChI=1S/C22H28N2O3/c1-23(22(25)17-11-12-20(26-2)21(15-17)27-3)16-18-9-5-6-10-19(18)24-13-7-4-8-14-24/h5-6,9-12,15H,4,7-8,13-14,16H2,1-3H3. The Morgan fingerprint density at radius 1 is 1.00 bits per heavy atom. The lowest BCUT2D eigenvalue weighted by atomic mass is 10.1. The van der Waals surface area contributed by atoms with Gasteiger partial charge in [-0.1, -0.05) is 18.2 Å². The smallest absolute Gasteiger partial charge is 0.254 e. The Hall–Kier alpha value is -2.69. The molecular weight excluding hydrogens is 340 g/mol. The molecule has 1 heterocycles. The van der Waals surface area contributed by atoms with Crippen molar-refractivity contribution in [3.8, 4) is 11.5 Å². The third kappa shape index (κ3) is 4.35. The molecule has 0 N–H and O–H groups in total. The molecule has 27 heavy (non-hydrogen) atoms. The van der Waals surface area contributed by atoms with Crippen LogP contribution in [-0.2, 0) is 6.54 Å². The number of rotatable bonds is 6. The Kier molecular flexibility index (Phi) is 6.22. The molecule has 0 saturated carbocycles. The van der Waals surface area contributed by atoms with Crippen molar-refractivity contribution < 1.29 is 14.3 Å². The van der Waals surface area contributed by atoms with Gasteiger partial charge >= 0.3 is 0 Å². The third-order valence-electron chi connectivity index (χ3n) is 5.07. The average molecular weight is 368 g/mol. The average Bonchev–Trinajstić information content (AvgIpc) is 2.73. The van der Waals surface area contributed by atoms with Crippen molar-refractivity contribution >= 4 is 11.6 Å². The second kappa shape index (κ2) is 8.80. The molecule has 0 radical (unpaired) electrons. The van der Waals surface area contributed by atoms with Crippen LogP contribution in [0.1, 0.15) is 35.2 Å². The zero-order valence-electron chi connectivity index (χ0n) is 16.4. The summed E-state index contributed by atoms with van der Waals surface area (Å²) in [6.07, 6.45) is 3.76. The molecule has 0 aliphatic carbocycles. The van der Waals surface area contributed by atoms with Crippen LogP contribution in [0.25, 0.3) is 0 Å². The first-order valence-electron chi connectivity index (χ1n) is 9.44. The summed E-state index contributed by atoms with van der Waals surface area (Å²) in [5.74, 6) is 1.14. The van der Waals surface area contributed by atoms with Crippen molar-refractivity contribution in [1.29, 1.82) is 0 Å². The number of hydrogen-bond donors (Lipinski definition) is 0. The predicted octanol–water partition coefficient (Wildman–Crippen LogP) is 3.97. The number of ether oxygens (including phenoxy) is 2. The van der Waals surface area contributed by atoms with Crippen LogP contribution in [0.2, 0.25) is 0 Å². The molecule has 0 bridgehead atoms. The molecule has 2 aromatic carbocycles. The van der Waals surface area contributed by atoms with Crippen LogP contribution in [0, 0.1) is 0 Å². The van der Waals surface area contributed by atoms with Crippen LogP contribution < -0.4 is 14.4 Å². The number of benzene rings is 2. The first-order valence-corrected chi connectivity index (χ1v) is 9.44. The Balaban J connectivity index is 1.77. The summed E-state index contributed by atoms with van der Waals surface area (Å²) < 4.78 is 10.6. The number of piperidine rings is 1. The van der Waals surface area contributed by atoms with Crippen LogP contribution >= 0.6 is 0 Å². The second-order valence-corrected chi connectivity index (χ2v) is 6.91. The van der Waals surface area contributed by atoms with Gasteiger partial charge in [0.25, 0.3) is 5.91 Å². The molecule has 0 spiro atoms. The Morgan fingerprint density at radius 3 is 2.41 bits per heavy atom. The number of anilines is 1. The fraction of sp³-hybridized carbons (Fsp3) is 0.409. The summed E-state index contributed by atoms with van der Waals surface area (Å²) in [4.78, 5) is 17.1. The van der Waals surface area contributed by atoms with Gasteiger partial charge in [0.1, 0.15) is 0 Å². The number of carbonyl (C=O) groups excluding carboxylic acids is 1. The number of nitrogens with zero attached hydrogens (tertiary/aromatic N) is 2. The number of amides is 1. The van der Waals surface area contributed by atoms with Crippen molar-refractivity contribution in [2.24, 2.45) is 0 Å². The molecular formula is C22H28N2O3. The third-order valence-corrected chi connectivity index (χ3v) is 5.07. The molecule has 3 rings (SSSR count). The van der Waals surface area contributed by atoms with Crippen LogP contribution in [0.3, 0.4) is 0 Å². The van der Waals surface area contributed by atoms with E-state index in [2.05, 4.69) is 23.1 Å². The first-order chi connectivity index (χ1) is 13.1. The van der Waals surface area contributed by atoms with Gasteiger partial charge in [0, 0.05) is 37.9 Å². The zero-order valence-corrected chi connectivity index (χ0v) is 16.4. The van der Waals surface area contributed by atoms with Gasteiger partial charge in [-0.15, -0.1) is 0 Å².